The average molecular weight is 424 g/mol. The van der Waals surface area contributed by atoms with Crippen LogP contribution in [0.1, 0.15) is 34.1 Å². The lowest BCUT2D eigenvalue weighted by Crippen LogP contribution is -2.28. The molecule has 0 saturated carbocycles. The molecule has 2 aromatic heterocycles. The van der Waals surface area contributed by atoms with Crippen molar-refractivity contribution in [2.24, 2.45) is 5.41 Å². The summed E-state index contributed by atoms with van der Waals surface area (Å²) < 4.78 is 10.7. The van der Waals surface area contributed by atoms with Gasteiger partial charge in [-0.05, 0) is 30.2 Å². The highest BCUT2D eigenvalue weighted by atomic mass is 16.5. The fourth-order valence-electron chi connectivity index (χ4n) is 2.91. The van der Waals surface area contributed by atoms with Gasteiger partial charge in [0.15, 0.2) is 17.1 Å². The summed E-state index contributed by atoms with van der Waals surface area (Å²) in [6.07, 6.45) is 2.67. The van der Waals surface area contributed by atoms with Gasteiger partial charge in [-0.15, -0.1) is 0 Å². The van der Waals surface area contributed by atoms with Crippen LogP contribution in [0.15, 0.2) is 30.5 Å². The lowest BCUT2D eigenvalue weighted by Gasteiger charge is -2.17. The molecule has 0 unspecified atom stereocenters. The van der Waals surface area contributed by atoms with Crippen LogP contribution in [0.2, 0.25) is 0 Å². The van der Waals surface area contributed by atoms with E-state index in [1.165, 1.54) is 0 Å². The summed E-state index contributed by atoms with van der Waals surface area (Å²) in [5.41, 5.74) is 1.77. The summed E-state index contributed by atoms with van der Waals surface area (Å²) in [5.74, 6) is 2.01. The number of benzene rings is 1. The second kappa shape index (κ2) is 9.16. The molecule has 0 spiro atoms. The fourth-order valence-corrected chi connectivity index (χ4v) is 2.91. The number of fused-ring (bicyclic) bond motifs is 1. The number of pyridine rings is 1. The van der Waals surface area contributed by atoms with E-state index >= 15 is 0 Å². The van der Waals surface area contributed by atoms with Crippen molar-refractivity contribution in [3.05, 3.63) is 30.5 Å². The summed E-state index contributed by atoms with van der Waals surface area (Å²) >= 11 is 0. The normalized spacial score (nSPS) is 11.3. The zero-order valence-electron chi connectivity index (χ0n) is 18.9. The maximum Gasteiger partial charge on any atom is 0.233 e. The Balaban J connectivity index is 2.06. The smallest absolute Gasteiger partial charge is 0.233 e. The summed E-state index contributed by atoms with van der Waals surface area (Å²) in [7, 11) is 3.21. The van der Waals surface area contributed by atoms with E-state index in [0.717, 1.165) is 29.5 Å². The van der Waals surface area contributed by atoms with E-state index in [9.17, 15) is 4.79 Å². The van der Waals surface area contributed by atoms with Gasteiger partial charge in [-0.2, -0.15) is 9.97 Å². The minimum atomic E-state index is -0.556. The monoisotopic (exact) mass is 423 g/mol. The highest BCUT2D eigenvalue weighted by molar-refractivity contribution is 5.96. The van der Waals surface area contributed by atoms with Gasteiger partial charge in [0.25, 0.3) is 0 Å². The van der Waals surface area contributed by atoms with Crippen LogP contribution in [0, 0.1) is 5.41 Å². The Kier molecular flexibility index (Phi) is 6.58. The molecular weight excluding hydrogens is 394 g/mol. The van der Waals surface area contributed by atoms with Crippen molar-refractivity contribution in [1.29, 1.82) is 0 Å². The summed E-state index contributed by atoms with van der Waals surface area (Å²) in [6, 6.07) is 7.69. The molecule has 1 aromatic carbocycles. The van der Waals surface area contributed by atoms with Crippen molar-refractivity contribution in [2.75, 3.05) is 31.4 Å². The maximum atomic E-state index is 12.4. The van der Waals surface area contributed by atoms with Crippen LogP contribution in [-0.4, -0.2) is 41.6 Å². The maximum absolute atomic E-state index is 12.4. The van der Waals surface area contributed by atoms with Crippen LogP contribution >= 0.6 is 0 Å². The third-order valence-electron chi connectivity index (χ3n) is 4.72. The predicted octanol–water partition coefficient (Wildman–Crippen LogP) is 4.52. The van der Waals surface area contributed by atoms with Crippen LogP contribution in [0.25, 0.3) is 22.2 Å². The van der Waals surface area contributed by atoms with Crippen LogP contribution in [0.5, 0.6) is 11.5 Å². The Bertz CT molecular complexity index is 1090. The van der Waals surface area contributed by atoms with Crippen molar-refractivity contribution in [1.82, 2.24) is 15.0 Å². The number of hydrogen-bond donors (Lipinski definition) is 2. The summed E-state index contributed by atoms with van der Waals surface area (Å²) in [6.45, 7) is 8.33. The van der Waals surface area contributed by atoms with Crippen molar-refractivity contribution in [2.45, 2.75) is 34.1 Å². The number of hydrogen-bond acceptors (Lipinski definition) is 7. The zero-order chi connectivity index (χ0) is 22.6. The first-order valence-corrected chi connectivity index (χ1v) is 10.2. The molecule has 31 heavy (non-hydrogen) atoms. The van der Waals surface area contributed by atoms with E-state index in [-0.39, 0.29) is 11.9 Å². The minimum Gasteiger partial charge on any atom is -0.493 e. The van der Waals surface area contributed by atoms with Gasteiger partial charge in [-0.3, -0.25) is 10.1 Å². The number of carbonyl (C=O) groups excluding carboxylic acids is 1. The second-order valence-corrected chi connectivity index (χ2v) is 8.19. The number of carbonyl (C=O) groups is 1. The molecule has 2 N–H and O–H groups in total. The van der Waals surface area contributed by atoms with Gasteiger partial charge in [-0.25, -0.2) is 4.98 Å². The zero-order valence-corrected chi connectivity index (χ0v) is 18.9. The lowest BCUT2D eigenvalue weighted by molar-refractivity contribution is -0.123. The van der Waals surface area contributed by atoms with Gasteiger partial charge in [-0.1, -0.05) is 33.8 Å². The van der Waals surface area contributed by atoms with Gasteiger partial charge in [0.2, 0.25) is 11.9 Å². The van der Waals surface area contributed by atoms with Gasteiger partial charge >= 0.3 is 0 Å². The quantitative estimate of drug-likeness (QED) is 0.577. The number of nitrogens with zero attached hydrogens (tertiary/aromatic N) is 3. The molecule has 0 aliphatic rings. The molecule has 3 aromatic rings. The van der Waals surface area contributed by atoms with Crippen LogP contribution in [0.3, 0.4) is 0 Å². The van der Waals surface area contributed by atoms with Crippen LogP contribution in [-0.2, 0) is 4.79 Å². The average Bonchev–Trinajstić information content (AvgIpc) is 2.75. The Hall–Kier alpha value is -3.42. The molecule has 164 valence electrons. The number of rotatable bonds is 7. The van der Waals surface area contributed by atoms with E-state index < -0.39 is 5.41 Å². The number of amides is 1. The number of ether oxygens (including phenoxy) is 2. The first-order valence-electron chi connectivity index (χ1n) is 10.2. The molecule has 0 fully saturated rings. The first-order chi connectivity index (χ1) is 14.8. The fraction of sp³-hybridized carbons (Fsp3) is 0.391. The van der Waals surface area contributed by atoms with E-state index in [4.69, 9.17) is 9.47 Å². The largest absolute Gasteiger partial charge is 0.493 e. The number of anilines is 2. The van der Waals surface area contributed by atoms with Crippen molar-refractivity contribution in [3.63, 3.8) is 0 Å². The highest BCUT2D eigenvalue weighted by Gasteiger charge is 2.23. The Labute approximate surface area is 182 Å². The molecule has 0 atom stereocenters. The molecule has 2 heterocycles. The molecule has 3 rings (SSSR count). The molecule has 0 aliphatic heterocycles. The predicted molar refractivity (Wildman–Crippen MR) is 123 cm³/mol. The Morgan fingerprint density at radius 2 is 1.77 bits per heavy atom. The van der Waals surface area contributed by atoms with Crippen LogP contribution in [0.4, 0.5) is 11.8 Å². The standard InChI is InChI=1S/C23H29N5O3/c1-7-10-24-19-16-11-15(14-8-9-17(30-5)18(12-14)31-6)13-25-20(16)27-22(26-19)28-21(29)23(2,3)4/h8-9,11-13H,7,10H2,1-6H3,(H2,24,25,26,27,28,29). The first kappa shape index (κ1) is 22.3. The van der Waals surface area contributed by atoms with E-state index in [0.29, 0.717) is 23.0 Å². The van der Waals surface area contributed by atoms with Gasteiger partial charge in [0.05, 0.1) is 19.6 Å². The molecule has 0 aliphatic carbocycles. The van der Waals surface area contributed by atoms with E-state index in [2.05, 4.69) is 32.5 Å². The molecule has 1 amide bonds. The van der Waals surface area contributed by atoms with Crippen molar-refractivity contribution < 1.29 is 14.3 Å². The summed E-state index contributed by atoms with van der Waals surface area (Å²) in [4.78, 5) is 25.9. The molecule has 0 bridgehead atoms. The molecular formula is C23H29N5O3. The number of nitrogens with one attached hydrogen (secondary N) is 2. The molecule has 0 saturated heterocycles. The number of aromatic nitrogens is 3. The minimum absolute atomic E-state index is 0.157. The number of methoxy groups -OCH3 is 2. The van der Waals surface area contributed by atoms with E-state index in [1.54, 1.807) is 20.4 Å². The molecule has 8 heteroatoms. The van der Waals surface area contributed by atoms with E-state index in [1.807, 2.05) is 45.0 Å². The van der Waals surface area contributed by atoms with Gasteiger partial charge < -0.3 is 14.8 Å². The van der Waals surface area contributed by atoms with Gasteiger partial charge in [0.1, 0.15) is 5.82 Å². The highest BCUT2D eigenvalue weighted by Crippen LogP contribution is 2.33. The van der Waals surface area contributed by atoms with Crippen LogP contribution < -0.4 is 20.1 Å². The summed E-state index contributed by atoms with van der Waals surface area (Å²) in [5, 5.41) is 6.89. The third kappa shape index (κ3) is 5.02. The molecule has 0 radical (unpaired) electrons. The lowest BCUT2D eigenvalue weighted by atomic mass is 9.96. The topological polar surface area (TPSA) is 98.3 Å². The third-order valence-corrected chi connectivity index (χ3v) is 4.72. The Morgan fingerprint density at radius 1 is 1.03 bits per heavy atom. The second-order valence-electron chi connectivity index (χ2n) is 8.19. The van der Waals surface area contributed by atoms with Gasteiger partial charge in [0, 0.05) is 23.7 Å². The SMILES string of the molecule is CCCNc1nc(NC(=O)C(C)(C)C)nc2ncc(-c3ccc(OC)c(OC)c3)cc12. The van der Waals surface area contributed by atoms with Crippen molar-refractivity contribution in [3.8, 4) is 22.6 Å². The Morgan fingerprint density at radius 3 is 2.42 bits per heavy atom. The van der Waals surface area contributed by atoms with Crippen molar-refractivity contribution >= 4 is 28.7 Å². The molecule has 8 nitrogen and oxygen atoms in total.